The highest BCUT2D eigenvalue weighted by molar-refractivity contribution is 7.99. The Morgan fingerprint density at radius 2 is 2.12 bits per heavy atom. The largest absolute Gasteiger partial charge is 0.360 e. The second-order valence-corrected chi connectivity index (χ2v) is 7.39. The minimum absolute atomic E-state index is 0.0774. The van der Waals surface area contributed by atoms with E-state index < -0.39 is 0 Å². The van der Waals surface area contributed by atoms with Crippen molar-refractivity contribution in [2.45, 2.75) is 36.9 Å². The van der Waals surface area contributed by atoms with Gasteiger partial charge in [-0.25, -0.2) is 0 Å². The number of para-hydroxylation sites is 1. The van der Waals surface area contributed by atoms with Crippen molar-refractivity contribution >= 4 is 28.6 Å². The molecule has 0 aliphatic heterocycles. The molecule has 6 nitrogen and oxygen atoms in total. The van der Waals surface area contributed by atoms with Crippen molar-refractivity contribution in [2.75, 3.05) is 5.75 Å². The normalized spacial score (nSPS) is 15.1. The van der Waals surface area contributed by atoms with E-state index in [-0.39, 0.29) is 5.91 Å². The number of aromatic amines is 1. The number of thioether (sulfide) groups is 1. The van der Waals surface area contributed by atoms with E-state index in [1.54, 1.807) is 0 Å². The lowest BCUT2D eigenvalue weighted by Gasteiger charge is -2.11. The Kier molecular flexibility index (Phi) is 4.48. The molecule has 0 radical (unpaired) electrons. The standard InChI is InChI=1S/C18H21N5OS/c1-23-17(14-10-19-15-9-5-4-8-13(14)15)21-22-18(23)25-11-16(24)20-12-6-2-3-7-12/h4-5,8-10,12,19H,2-3,6-7,11H2,1H3,(H,20,24). The van der Waals surface area contributed by atoms with Crippen LogP contribution in [0.3, 0.4) is 0 Å². The quantitative estimate of drug-likeness (QED) is 0.690. The Morgan fingerprint density at radius 3 is 2.96 bits per heavy atom. The van der Waals surface area contributed by atoms with Crippen molar-refractivity contribution in [3.63, 3.8) is 0 Å². The number of hydrogen-bond donors (Lipinski definition) is 2. The smallest absolute Gasteiger partial charge is 0.230 e. The molecule has 0 unspecified atom stereocenters. The highest BCUT2D eigenvalue weighted by Crippen LogP contribution is 2.29. The molecule has 1 aliphatic carbocycles. The van der Waals surface area contributed by atoms with Crippen LogP contribution in [0.5, 0.6) is 0 Å². The number of nitrogens with zero attached hydrogens (tertiary/aromatic N) is 3. The Bertz CT molecular complexity index is 894. The van der Waals surface area contributed by atoms with E-state index in [4.69, 9.17) is 0 Å². The van der Waals surface area contributed by atoms with Crippen molar-refractivity contribution in [2.24, 2.45) is 7.05 Å². The van der Waals surface area contributed by atoms with Crippen molar-refractivity contribution in [3.8, 4) is 11.4 Å². The molecule has 0 spiro atoms. The number of carbonyl (C=O) groups is 1. The highest BCUT2D eigenvalue weighted by Gasteiger charge is 2.19. The molecule has 1 fully saturated rings. The zero-order valence-electron chi connectivity index (χ0n) is 14.2. The molecule has 25 heavy (non-hydrogen) atoms. The van der Waals surface area contributed by atoms with Crippen LogP contribution in [0.2, 0.25) is 0 Å². The van der Waals surface area contributed by atoms with Crippen molar-refractivity contribution in [1.82, 2.24) is 25.1 Å². The topological polar surface area (TPSA) is 75.6 Å². The second kappa shape index (κ2) is 6.92. The molecule has 130 valence electrons. The Morgan fingerprint density at radius 1 is 1.32 bits per heavy atom. The van der Waals surface area contributed by atoms with E-state index in [1.807, 2.05) is 36.0 Å². The molecule has 0 saturated heterocycles. The third-order valence-electron chi connectivity index (χ3n) is 4.72. The molecule has 0 bridgehead atoms. The molecule has 2 heterocycles. The summed E-state index contributed by atoms with van der Waals surface area (Å²) in [6.07, 6.45) is 6.59. The summed E-state index contributed by atoms with van der Waals surface area (Å²) >= 11 is 1.43. The molecule has 1 aliphatic rings. The van der Waals surface area contributed by atoms with Gasteiger partial charge in [-0.15, -0.1) is 10.2 Å². The predicted molar refractivity (Wildman–Crippen MR) is 99.4 cm³/mol. The number of nitrogens with one attached hydrogen (secondary N) is 2. The van der Waals surface area contributed by atoms with Gasteiger partial charge in [-0.1, -0.05) is 42.8 Å². The first kappa shape index (κ1) is 16.2. The van der Waals surface area contributed by atoms with Gasteiger partial charge in [-0.2, -0.15) is 0 Å². The van der Waals surface area contributed by atoms with E-state index >= 15 is 0 Å². The minimum atomic E-state index is 0.0774. The lowest BCUT2D eigenvalue weighted by atomic mass is 10.1. The number of carbonyl (C=O) groups excluding carboxylic acids is 1. The van der Waals surface area contributed by atoms with Crippen LogP contribution >= 0.6 is 11.8 Å². The van der Waals surface area contributed by atoms with Crippen LogP contribution in [0.25, 0.3) is 22.3 Å². The van der Waals surface area contributed by atoms with Crippen LogP contribution in [0.15, 0.2) is 35.6 Å². The Hall–Kier alpha value is -2.28. The molecular weight excluding hydrogens is 334 g/mol. The summed E-state index contributed by atoms with van der Waals surface area (Å²) < 4.78 is 1.95. The van der Waals surface area contributed by atoms with Crippen LogP contribution in [0.1, 0.15) is 25.7 Å². The second-order valence-electron chi connectivity index (χ2n) is 6.45. The molecule has 1 amide bonds. The first-order chi connectivity index (χ1) is 12.2. The van der Waals surface area contributed by atoms with Gasteiger partial charge >= 0.3 is 0 Å². The fraction of sp³-hybridized carbons (Fsp3) is 0.389. The molecule has 2 N–H and O–H groups in total. The van der Waals surface area contributed by atoms with E-state index in [1.165, 1.54) is 24.6 Å². The summed E-state index contributed by atoms with van der Waals surface area (Å²) in [7, 11) is 1.94. The molecule has 1 aromatic carbocycles. The molecule has 3 aromatic rings. The third-order valence-corrected chi connectivity index (χ3v) is 5.74. The number of amides is 1. The molecule has 1 saturated carbocycles. The van der Waals surface area contributed by atoms with E-state index in [2.05, 4.69) is 26.6 Å². The zero-order chi connectivity index (χ0) is 17.2. The van der Waals surface area contributed by atoms with Gasteiger partial charge in [0.05, 0.1) is 5.75 Å². The number of hydrogen-bond acceptors (Lipinski definition) is 4. The average Bonchev–Trinajstić information content (AvgIpc) is 3.33. The first-order valence-electron chi connectivity index (χ1n) is 8.60. The van der Waals surface area contributed by atoms with Crippen molar-refractivity contribution in [3.05, 3.63) is 30.5 Å². The highest BCUT2D eigenvalue weighted by atomic mass is 32.2. The Labute approximate surface area is 150 Å². The summed E-state index contributed by atoms with van der Waals surface area (Å²) in [6.45, 7) is 0. The monoisotopic (exact) mass is 355 g/mol. The molecule has 7 heteroatoms. The maximum absolute atomic E-state index is 12.1. The molecule has 4 rings (SSSR count). The number of H-pyrrole nitrogens is 1. The van der Waals surface area contributed by atoms with Crippen molar-refractivity contribution in [1.29, 1.82) is 0 Å². The fourth-order valence-electron chi connectivity index (χ4n) is 3.40. The first-order valence-corrected chi connectivity index (χ1v) is 9.59. The Balaban J connectivity index is 1.46. The maximum Gasteiger partial charge on any atom is 0.230 e. The van der Waals surface area contributed by atoms with Crippen LogP contribution in [-0.4, -0.2) is 37.5 Å². The van der Waals surface area contributed by atoms with Gasteiger partial charge in [0.15, 0.2) is 11.0 Å². The lowest BCUT2D eigenvalue weighted by molar-refractivity contribution is -0.119. The number of benzene rings is 1. The van der Waals surface area contributed by atoms with Gasteiger partial charge < -0.3 is 14.9 Å². The van der Waals surface area contributed by atoms with Gasteiger partial charge in [0.25, 0.3) is 0 Å². The van der Waals surface area contributed by atoms with Gasteiger partial charge in [-0.3, -0.25) is 4.79 Å². The maximum atomic E-state index is 12.1. The number of aromatic nitrogens is 4. The van der Waals surface area contributed by atoms with Crippen LogP contribution in [-0.2, 0) is 11.8 Å². The number of rotatable bonds is 5. The summed E-state index contributed by atoms with van der Waals surface area (Å²) in [5, 5.41) is 13.6. The van der Waals surface area contributed by atoms with Gasteiger partial charge in [0.1, 0.15) is 0 Å². The average molecular weight is 355 g/mol. The lowest BCUT2D eigenvalue weighted by Crippen LogP contribution is -2.33. The van der Waals surface area contributed by atoms with Gasteiger partial charge in [0, 0.05) is 35.8 Å². The van der Waals surface area contributed by atoms with E-state index in [9.17, 15) is 4.79 Å². The summed E-state index contributed by atoms with van der Waals surface area (Å²) in [5.41, 5.74) is 2.10. The van der Waals surface area contributed by atoms with Crippen molar-refractivity contribution < 1.29 is 4.79 Å². The fourth-order valence-corrected chi connectivity index (χ4v) is 4.12. The van der Waals surface area contributed by atoms with Gasteiger partial charge in [0.2, 0.25) is 5.91 Å². The summed E-state index contributed by atoms with van der Waals surface area (Å²) in [6, 6.07) is 8.48. The summed E-state index contributed by atoms with van der Waals surface area (Å²) in [5.74, 6) is 1.25. The van der Waals surface area contributed by atoms with E-state index in [0.29, 0.717) is 11.8 Å². The van der Waals surface area contributed by atoms with E-state index in [0.717, 1.165) is 40.3 Å². The molecule has 2 aromatic heterocycles. The SMILES string of the molecule is Cn1c(SCC(=O)NC2CCCC2)nnc1-c1c[nH]c2ccccc12. The summed E-state index contributed by atoms with van der Waals surface area (Å²) in [4.78, 5) is 15.4. The minimum Gasteiger partial charge on any atom is -0.360 e. The number of fused-ring (bicyclic) bond motifs is 1. The zero-order valence-corrected chi connectivity index (χ0v) is 15.0. The third kappa shape index (κ3) is 3.28. The van der Waals surface area contributed by atoms with Gasteiger partial charge in [-0.05, 0) is 18.9 Å². The van der Waals surface area contributed by atoms with Crippen LogP contribution in [0, 0.1) is 0 Å². The van der Waals surface area contributed by atoms with Crippen LogP contribution < -0.4 is 5.32 Å². The molecule has 0 atom stereocenters. The predicted octanol–water partition coefficient (Wildman–Crippen LogP) is 3.11. The van der Waals surface area contributed by atoms with Crippen LogP contribution in [0.4, 0.5) is 0 Å². The molecular formula is C18H21N5OS.